The van der Waals surface area contributed by atoms with Gasteiger partial charge in [-0.2, -0.15) is 0 Å². The van der Waals surface area contributed by atoms with Crippen LogP contribution in [0.2, 0.25) is 0 Å². The third-order valence-corrected chi connectivity index (χ3v) is 7.34. The van der Waals surface area contributed by atoms with E-state index in [1.54, 1.807) is 11.8 Å². The number of carbonyl (C=O) groups is 1. The molecule has 3 aliphatic heterocycles. The van der Waals surface area contributed by atoms with Crippen LogP contribution in [-0.4, -0.2) is 58.3 Å². The quantitative estimate of drug-likeness (QED) is 0.868. The van der Waals surface area contributed by atoms with E-state index in [2.05, 4.69) is 33.5 Å². The van der Waals surface area contributed by atoms with E-state index in [9.17, 15) is 9.90 Å². The molecule has 1 N–H and O–H groups in total. The number of aliphatic imine (C=N–C) groups is 1. The summed E-state index contributed by atoms with van der Waals surface area (Å²) < 4.78 is 0. The van der Waals surface area contributed by atoms with Crippen molar-refractivity contribution in [3.05, 3.63) is 46.5 Å². The molecule has 0 bridgehead atoms. The zero-order valence-corrected chi connectivity index (χ0v) is 15.5. The van der Waals surface area contributed by atoms with Crippen LogP contribution < -0.4 is 0 Å². The summed E-state index contributed by atoms with van der Waals surface area (Å²) >= 11 is 1.63. The summed E-state index contributed by atoms with van der Waals surface area (Å²) in [5, 5.41) is 13.9. The molecule has 3 heterocycles. The van der Waals surface area contributed by atoms with Gasteiger partial charge in [-0.25, -0.2) is 0 Å². The van der Waals surface area contributed by atoms with Gasteiger partial charge in [0, 0.05) is 30.7 Å². The van der Waals surface area contributed by atoms with Gasteiger partial charge in [-0.1, -0.05) is 36.0 Å². The smallest absolute Gasteiger partial charge is 0.228 e. The molecule has 1 atom stereocenters. The number of amidine groups is 1. The minimum Gasteiger partial charge on any atom is -0.392 e. The van der Waals surface area contributed by atoms with Gasteiger partial charge in [0.05, 0.1) is 19.1 Å². The van der Waals surface area contributed by atoms with E-state index in [1.807, 2.05) is 11.0 Å². The monoisotopic (exact) mass is 369 g/mol. The number of fused-ring (bicyclic) bond motifs is 3. The summed E-state index contributed by atoms with van der Waals surface area (Å²) in [6, 6.07) is 8.41. The van der Waals surface area contributed by atoms with E-state index < -0.39 is 0 Å². The Morgan fingerprint density at radius 2 is 2.08 bits per heavy atom. The number of carbonyl (C=O) groups excluding carboxylic acids is 1. The predicted molar refractivity (Wildman–Crippen MR) is 103 cm³/mol. The van der Waals surface area contributed by atoms with Crippen LogP contribution in [0.5, 0.6) is 0 Å². The SMILES string of the molecule is O=C(CC1=CSC2=NCCN12)N1CCC2(CC1)c1ccccc1CC2O. The summed E-state index contributed by atoms with van der Waals surface area (Å²) in [5.41, 5.74) is 3.49. The molecule has 1 unspecified atom stereocenters. The van der Waals surface area contributed by atoms with Crippen molar-refractivity contribution in [2.24, 2.45) is 4.99 Å². The summed E-state index contributed by atoms with van der Waals surface area (Å²) in [6.45, 7) is 3.18. The Balaban J connectivity index is 1.26. The molecule has 6 heteroatoms. The van der Waals surface area contributed by atoms with Gasteiger partial charge in [0.1, 0.15) is 0 Å². The van der Waals surface area contributed by atoms with Crippen molar-refractivity contribution in [3.8, 4) is 0 Å². The van der Waals surface area contributed by atoms with Crippen LogP contribution in [0.15, 0.2) is 40.4 Å². The highest BCUT2D eigenvalue weighted by atomic mass is 32.2. The fourth-order valence-corrected chi connectivity index (χ4v) is 5.86. The molecule has 1 saturated heterocycles. The average molecular weight is 369 g/mol. The molecule has 26 heavy (non-hydrogen) atoms. The number of aliphatic hydroxyl groups is 1. The summed E-state index contributed by atoms with van der Waals surface area (Å²) in [7, 11) is 0. The molecule has 1 fully saturated rings. The molecule has 1 aromatic carbocycles. The lowest BCUT2D eigenvalue weighted by atomic mass is 9.72. The van der Waals surface area contributed by atoms with Gasteiger partial charge in [-0.05, 0) is 35.8 Å². The topological polar surface area (TPSA) is 56.1 Å². The number of piperidine rings is 1. The third kappa shape index (κ3) is 2.42. The number of hydrogen-bond donors (Lipinski definition) is 1. The lowest BCUT2D eigenvalue weighted by molar-refractivity contribution is -0.133. The fraction of sp³-hybridized carbons (Fsp3) is 0.500. The fourth-order valence-electron chi connectivity index (χ4n) is 4.91. The zero-order valence-electron chi connectivity index (χ0n) is 14.7. The van der Waals surface area contributed by atoms with Crippen molar-refractivity contribution in [2.75, 3.05) is 26.2 Å². The van der Waals surface area contributed by atoms with Crippen LogP contribution in [0.1, 0.15) is 30.4 Å². The Kier molecular flexibility index (Phi) is 3.87. The van der Waals surface area contributed by atoms with Gasteiger partial charge in [-0.15, -0.1) is 0 Å². The molecule has 1 aromatic rings. The first-order valence-electron chi connectivity index (χ1n) is 9.39. The number of aliphatic hydroxyl groups excluding tert-OH is 1. The number of likely N-dealkylation sites (tertiary alicyclic amines) is 1. The third-order valence-electron chi connectivity index (χ3n) is 6.39. The Hall–Kier alpha value is -1.79. The van der Waals surface area contributed by atoms with Crippen molar-refractivity contribution in [3.63, 3.8) is 0 Å². The Morgan fingerprint density at radius 3 is 2.92 bits per heavy atom. The van der Waals surface area contributed by atoms with Gasteiger partial charge >= 0.3 is 0 Å². The van der Waals surface area contributed by atoms with Crippen LogP contribution in [0.3, 0.4) is 0 Å². The van der Waals surface area contributed by atoms with Crippen molar-refractivity contribution >= 4 is 22.8 Å². The van der Waals surface area contributed by atoms with Crippen molar-refractivity contribution in [1.29, 1.82) is 0 Å². The second-order valence-electron chi connectivity index (χ2n) is 7.63. The first-order chi connectivity index (χ1) is 12.7. The molecule has 136 valence electrons. The first-order valence-corrected chi connectivity index (χ1v) is 10.3. The van der Waals surface area contributed by atoms with E-state index in [-0.39, 0.29) is 17.4 Å². The predicted octanol–water partition coefficient (Wildman–Crippen LogP) is 2.11. The lowest BCUT2D eigenvalue weighted by Gasteiger charge is -2.42. The zero-order chi connectivity index (χ0) is 17.7. The van der Waals surface area contributed by atoms with Gasteiger partial charge in [0.15, 0.2) is 5.17 Å². The maximum absolute atomic E-state index is 12.8. The van der Waals surface area contributed by atoms with Crippen molar-refractivity contribution < 1.29 is 9.90 Å². The molecule has 0 radical (unpaired) electrons. The molecule has 1 amide bonds. The first kappa shape index (κ1) is 16.4. The molecule has 4 aliphatic rings. The molecular formula is C20H23N3O2S. The second-order valence-corrected chi connectivity index (χ2v) is 8.47. The molecule has 0 aromatic heterocycles. The molecule has 1 spiro atoms. The van der Waals surface area contributed by atoms with Crippen LogP contribution in [0.25, 0.3) is 0 Å². The second kappa shape index (κ2) is 6.13. The molecule has 5 rings (SSSR count). The standard InChI is InChI=1S/C20H23N3O2S/c24-17-11-14-3-1-2-4-16(14)20(17)5-8-22(9-6-20)18(25)12-15-13-26-19-21-7-10-23(15)19/h1-4,13,17,24H,5-12H2. The number of benzene rings is 1. The maximum Gasteiger partial charge on any atom is 0.228 e. The minimum atomic E-state index is -0.325. The van der Waals surface area contributed by atoms with Gasteiger partial charge in [0.25, 0.3) is 0 Å². The summed E-state index contributed by atoms with van der Waals surface area (Å²) in [5.74, 6) is 0.195. The summed E-state index contributed by atoms with van der Waals surface area (Å²) in [6.07, 6.45) is 2.57. The Bertz CT molecular complexity index is 811. The van der Waals surface area contributed by atoms with Gasteiger partial charge in [-0.3, -0.25) is 9.79 Å². The Labute approximate surface area is 157 Å². The molecule has 1 aliphatic carbocycles. The highest BCUT2D eigenvalue weighted by Gasteiger charge is 2.48. The normalized spacial score (nSPS) is 26.0. The highest BCUT2D eigenvalue weighted by Crippen LogP contribution is 2.46. The summed E-state index contributed by atoms with van der Waals surface area (Å²) in [4.78, 5) is 21.4. The lowest BCUT2D eigenvalue weighted by Crippen LogP contribution is -2.49. The van der Waals surface area contributed by atoms with Gasteiger partial charge < -0.3 is 14.9 Å². The number of thioether (sulfide) groups is 1. The largest absolute Gasteiger partial charge is 0.392 e. The Morgan fingerprint density at radius 1 is 1.27 bits per heavy atom. The molecular weight excluding hydrogens is 346 g/mol. The van der Waals surface area contributed by atoms with Crippen molar-refractivity contribution in [1.82, 2.24) is 9.80 Å². The van der Waals surface area contributed by atoms with Crippen LogP contribution >= 0.6 is 11.8 Å². The average Bonchev–Trinajstić information content (AvgIpc) is 3.33. The molecule has 0 saturated carbocycles. The van der Waals surface area contributed by atoms with E-state index in [0.29, 0.717) is 6.42 Å². The van der Waals surface area contributed by atoms with Crippen molar-refractivity contribution in [2.45, 2.75) is 37.2 Å². The van der Waals surface area contributed by atoms with E-state index >= 15 is 0 Å². The number of rotatable bonds is 2. The van der Waals surface area contributed by atoms with Crippen LogP contribution in [0.4, 0.5) is 0 Å². The maximum atomic E-state index is 12.8. The van der Waals surface area contributed by atoms with Gasteiger partial charge in [0.2, 0.25) is 5.91 Å². The highest BCUT2D eigenvalue weighted by molar-refractivity contribution is 8.16. The number of nitrogens with zero attached hydrogens (tertiary/aromatic N) is 3. The van der Waals surface area contributed by atoms with E-state index in [1.165, 1.54) is 11.1 Å². The van der Waals surface area contributed by atoms with Crippen LogP contribution in [0, 0.1) is 0 Å². The minimum absolute atomic E-state index is 0.162. The van der Waals surface area contributed by atoms with E-state index in [0.717, 1.165) is 56.3 Å². The number of hydrogen-bond acceptors (Lipinski definition) is 5. The van der Waals surface area contributed by atoms with E-state index in [4.69, 9.17) is 0 Å². The van der Waals surface area contributed by atoms with Crippen LogP contribution in [-0.2, 0) is 16.6 Å². The molecule has 5 nitrogen and oxygen atoms in total. The number of amides is 1.